The van der Waals surface area contributed by atoms with Crippen LogP contribution >= 0.6 is 0 Å². The van der Waals surface area contributed by atoms with Crippen LogP contribution in [-0.2, 0) is 19.1 Å². The molecule has 0 heterocycles. The van der Waals surface area contributed by atoms with Gasteiger partial charge >= 0.3 is 11.9 Å². The zero-order chi connectivity index (χ0) is 15.7. The second-order valence-corrected chi connectivity index (χ2v) is 6.10. The highest BCUT2D eigenvalue weighted by Crippen LogP contribution is 2.29. The van der Waals surface area contributed by atoms with Crippen molar-refractivity contribution in [2.45, 2.75) is 65.7 Å². The van der Waals surface area contributed by atoms with Crippen molar-refractivity contribution in [1.82, 2.24) is 0 Å². The Labute approximate surface area is 128 Å². The fraction of sp³-hybridized carbons (Fsp3) is 0.882. The van der Waals surface area contributed by atoms with E-state index in [-0.39, 0.29) is 23.8 Å². The molecule has 122 valence electrons. The molecule has 0 spiro atoms. The minimum Gasteiger partial charge on any atom is -0.466 e. The van der Waals surface area contributed by atoms with Gasteiger partial charge in [0.25, 0.3) is 0 Å². The Hall–Kier alpha value is -1.06. The Morgan fingerprint density at radius 1 is 0.857 bits per heavy atom. The lowest BCUT2D eigenvalue weighted by Gasteiger charge is -2.24. The average molecular weight is 298 g/mol. The van der Waals surface area contributed by atoms with Gasteiger partial charge in [0.05, 0.1) is 25.0 Å². The smallest absolute Gasteiger partial charge is 0.308 e. The minimum absolute atomic E-state index is 0.0269. The van der Waals surface area contributed by atoms with Crippen LogP contribution in [0.15, 0.2) is 0 Å². The molecule has 3 atom stereocenters. The topological polar surface area (TPSA) is 52.6 Å². The Bertz CT molecular complexity index is 327. The summed E-state index contributed by atoms with van der Waals surface area (Å²) in [5.74, 6) is 0.402. The second kappa shape index (κ2) is 9.80. The van der Waals surface area contributed by atoms with Crippen molar-refractivity contribution >= 4 is 11.9 Å². The number of carbonyl (C=O) groups is 2. The molecule has 0 amide bonds. The van der Waals surface area contributed by atoms with Crippen LogP contribution < -0.4 is 0 Å². The molecule has 1 aliphatic rings. The monoisotopic (exact) mass is 298 g/mol. The third-order valence-electron chi connectivity index (χ3n) is 4.29. The van der Waals surface area contributed by atoms with Gasteiger partial charge in [0.2, 0.25) is 0 Å². The van der Waals surface area contributed by atoms with E-state index in [1.807, 2.05) is 13.8 Å². The minimum atomic E-state index is -0.0492. The van der Waals surface area contributed by atoms with Crippen LogP contribution in [0.4, 0.5) is 0 Å². The molecule has 0 bridgehead atoms. The lowest BCUT2D eigenvalue weighted by Crippen LogP contribution is -2.23. The van der Waals surface area contributed by atoms with E-state index >= 15 is 0 Å². The standard InChI is InChI=1S/C17H30O4/c1-4-20-16(18)14-8-6-7-9-15(17(19)21-5-2)12-13(3)10-11-14/h13-15H,4-12H2,1-3H3. The Balaban J connectivity index is 2.56. The first-order valence-corrected chi connectivity index (χ1v) is 8.41. The van der Waals surface area contributed by atoms with Crippen LogP contribution in [0.25, 0.3) is 0 Å². The van der Waals surface area contributed by atoms with Gasteiger partial charge < -0.3 is 9.47 Å². The lowest BCUT2D eigenvalue weighted by molar-refractivity contribution is -0.150. The molecule has 0 saturated heterocycles. The molecule has 4 heteroatoms. The summed E-state index contributed by atoms with van der Waals surface area (Å²) in [6.07, 6.45) is 6.42. The highest BCUT2D eigenvalue weighted by molar-refractivity contribution is 5.73. The van der Waals surface area contributed by atoms with Gasteiger partial charge in [-0.05, 0) is 51.9 Å². The van der Waals surface area contributed by atoms with Crippen molar-refractivity contribution < 1.29 is 19.1 Å². The predicted octanol–water partition coefficient (Wildman–Crippen LogP) is 3.73. The maximum atomic E-state index is 12.0. The van der Waals surface area contributed by atoms with E-state index in [0.717, 1.165) is 44.9 Å². The molecule has 4 nitrogen and oxygen atoms in total. The first kappa shape index (κ1) is 18.0. The van der Waals surface area contributed by atoms with Crippen molar-refractivity contribution in [3.63, 3.8) is 0 Å². The number of ether oxygens (including phenoxy) is 2. The van der Waals surface area contributed by atoms with Crippen LogP contribution in [0.3, 0.4) is 0 Å². The zero-order valence-electron chi connectivity index (χ0n) is 13.7. The maximum Gasteiger partial charge on any atom is 0.308 e. The molecule has 21 heavy (non-hydrogen) atoms. The number of carbonyl (C=O) groups excluding carboxylic acids is 2. The number of hydrogen-bond donors (Lipinski definition) is 0. The fourth-order valence-electron chi connectivity index (χ4n) is 3.10. The van der Waals surface area contributed by atoms with Crippen molar-refractivity contribution in [2.75, 3.05) is 13.2 Å². The predicted molar refractivity (Wildman–Crippen MR) is 81.7 cm³/mol. The molecule has 1 rings (SSSR count). The highest BCUT2D eigenvalue weighted by atomic mass is 16.5. The van der Waals surface area contributed by atoms with Crippen molar-refractivity contribution in [2.24, 2.45) is 17.8 Å². The summed E-state index contributed by atoms with van der Waals surface area (Å²) in [7, 11) is 0. The summed E-state index contributed by atoms with van der Waals surface area (Å²) in [5.41, 5.74) is 0. The van der Waals surface area contributed by atoms with Gasteiger partial charge in [-0.25, -0.2) is 0 Å². The van der Waals surface area contributed by atoms with E-state index in [2.05, 4.69) is 6.92 Å². The van der Waals surface area contributed by atoms with Crippen LogP contribution in [-0.4, -0.2) is 25.2 Å². The molecule has 1 fully saturated rings. The molecule has 3 unspecified atom stereocenters. The number of esters is 2. The van der Waals surface area contributed by atoms with Gasteiger partial charge in [0, 0.05) is 0 Å². The third-order valence-corrected chi connectivity index (χ3v) is 4.29. The summed E-state index contributed by atoms with van der Waals surface area (Å²) >= 11 is 0. The Kier molecular flexibility index (Phi) is 8.40. The molecule has 0 aliphatic heterocycles. The largest absolute Gasteiger partial charge is 0.466 e. The van der Waals surface area contributed by atoms with Crippen LogP contribution in [0.5, 0.6) is 0 Å². The van der Waals surface area contributed by atoms with E-state index in [0.29, 0.717) is 19.1 Å². The molecule has 0 aromatic rings. The van der Waals surface area contributed by atoms with Gasteiger partial charge in [0.15, 0.2) is 0 Å². The van der Waals surface area contributed by atoms with Crippen molar-refractivity contribution in [3.8, 4) is 0 Å². The summed E-state index contributed by atoms with van der Waals surface area (Å²) < 4.78 is 10.3. The van der Waals surface area contributed by atoms with E-state index in [1.165, 1.54) is 0 Å². The number of hydrogen-bond acceptors (Lipinski definition) is 4. The Morgan fingerprint density at radius 2 is 1.38 bits per heavy atom. The highest BCUT2D eigenvalue weighted by Gasteiger charge is 2.26. The molecule has 1 aliphatic carbocycles. The maximum absolute atomic E-state index is 12.0. The van der Waals surface area contributed by atoms with E-state index in [1.54, 1.807) is 0 Å². The first-order valence-electron chi connectivity index (χ1n) is 8.41. The second-order valence-electron chi connectivity index (χ2n) is 6.10. The van der Waals surface area contributed by atoms with Crippen molar-refractivity contribution in [1.29, 1.82) is 0 Å². The Morgan fingerprint density at radius 3 is 1.95 bits per heavy atom. The fourth-order valence-corrected chi connectivity index (χ4v) is 3.10. The van der Waals surface area contributed by atoms with Crippen molar-refractivity contribution in [3.05, 3.63) is 0 Å². The van der Waals surface area contributed by atoms with E-state index in [4.69, 9.17) is 9.47 Å². The molecule has 1 saturated carbocycles. The molecule has 0 aromatic carbocycles. The average Bonchev–Trinajstić information content (AvgIpc) is 2.45. The quantitative estimate of drug-likeness (QED) is 0.742. The first-order chi connectivity index (χ1) is 10.1. The zero-order valence-corrected chi connectivity index (χ0v) is 13.7. The summed E-state index contributed by atoms with van der Waals surface area (Å²) in [6.45, 7) is 6.77. The van der Waals surface area contributed by atoms with Crippen LogP contribution in [0.1, 0.15) is 65.7 Å². The molecule has 0 N–H and O–H groups in total. The lowest BCUT2D eigenvalue weighted by atomic mass is 9.83. The molecular weight excluding hydrogens is 268 g/mol. The van der Waals surface area contributed by atoms with Gasteiger partial charge in [-0.1, -0.05) is 19.8 Å². The summed E-state index contributed by atoms with van der Waals surface area (Å²) in [5, 5.41) is 0. The van der Waals surface area contributed by atoms with E-state index < -0.39 is 0 Å². The normalized spacial score (nSPS) is 27.7. The molecule has 0 radical (unpaired) electrons. The van der Waals surface area contributed by atoms with Gasteiger partial charge in [-0.15, -0.1) is 0 Å². The number of rotatable bonds is 4. The van der Waals surface area contributed by atoms with Gasteiger partial charge in [-0.2, -0.15) is 0 Å². The van der Waals surface area contributed by atoms with Gasteiger partial charge in [0.1, 0.15) is 0 Å². The summed E-state index contributed by atoms with van der Waals surface area (Å²) in [4.78, 5) is 23.9. The SMILES string of the molecule is CCOC(=O)C1CCCCC(C(=O)OCC)CC(C)CC1. The van der Waals surface area contributed by atoms with E-state index in [9.17, 15) is 9.59 Å². The summed E-state index contributed by atoms with van der Waals surface area (Å²) in [6, 6.07) is 0. The van der Waals surface area contributed by atoms with Crippen LogP contribution in [0, 0.1) is 17.8 Å². The van der Waals surface area contributed by atoms with Crippen LogP contribution in [0.2, 0.25) is 0 Å². The third kappa shape index (κ3) is 6.49. The molecule has 0 aromatic heterocycles. The molecular formula is C17H30O4. The van der Waals surface area contributed by atoms with Gasteiger partial charge in [-0.3, -0.25) is 9.59 Å².